The average Bonchev–Trinajstić information content (AvgIpc) is 3.16. The van der Waals surface area contributed by atoms with Gasteiger partial charge in [0.05, 0.1) is 49.1 Å². The Morgan fingerprint density at radius 2 is 0.942 bits per heavy atom. The molecule has 0 bridgehead atoms. The van der Waals surface area contributed by atoms with Crippen molar-refractivity contribution in [1.29, 1.82) is 0 Å². The number of hydrogen-bond acceptors (Lipinski definition) is 10. The van der Waals surface area contributed by atoms with Gasteiger partial charge in [-0.25, -0.2) is 9.59 Å². The van der Waals surface area contributed by atoms with E-state index in [0.29, 0.717) is 42.4 Å². The lowest BCUT2D eigenvalue weighted by Crippen LogP contribution is -2.28. The molecule has 276 valence electrons. The molecular formula is C42H48O10. The minimum Gasteiger partial charge on any atom is -0.494 e. The van der Waals surface area contributed by atoms with Gasteiger partial charge in [0, 0.05) is 0 Å². The van der Waals surface area contributed by atoms with Crippen LogP contribution in [0.15, 0.2) is 97.1 Å². The zero-order valence-corrected chi connectivity index (χ0v) is 30.7. The summed E-state index contributed by atoms with van der Waals surface area (Å²) in [5.74, 6) is 0.649. The van der Waals surface area contributed by atoms with Gasteiger partial charge in [0.2, 0.25) is 0 Å². The molecule has 4 aromatic carbocycles. The van der Waals surface area contributed by atoms with E-state index >= 15 is 0 Å². The van der Waals surface area contributed by atoms with E-state index in [0.717, 1.165) is 23.3 Å². The van der Waals surface area contributed by atoms with Crippen molar-refractivity contribution in [3.63, 3.8) is 0 Å². The van der Waals surface area contributed by atoms with Gasteiger partial charge in [-0.15, -0.1) is 0 Å². The van der Waals surface area contributed by atoms with Crippen LogP contribution in [0.25, 0.3) is 11.1 Å². The highest BCUT2D eigenvalue weighted by Crippen LogP contribution is 2.25. The molecule has 0 aromatic heterocycles. The van der Waals surface area contributed by atoms with Crippen LogP contribution in [0, 0.1) is 5.92 Å². The summed E-state index contributed by atoms with van der Waals surface area (Å²) in [5, 5.41) is 0. The van der Waals surface area contributed by atoms with Gasteiger partial charge in [0.15, 0.2) is 0 Å². The first-order valence-corrected chi connectivity index (χ1v) is 17.6. The zero-order valence-electron chi connectivity index (χ0n) is 30.7. The van der Waals surface area contributed by atoms with Gasteiger partial charge in [-0.1, -0.05) is 38.1 Å². The standard InChI is InChI=1S/C42H48O10/c1-7-28(3)40(43)49-26-30(5)47-25-29(4)48-27-31(6)50-37-21-13-34(14-22-37)41(44)52-39-23-15-35(16-24-39)42(45)51-38-19-11-33(12-20-38)32-9-17-36(18-10-32)46-8-2/h9-24,28-31H,7-8,25-27H2,1-6H3. The predicted molar refractivity (Wildman–Crippen MR) is 197 cm³/mol. The molecule has 0 saturated carbocycles. The number of carbonyl (C=O) groups excluding carboxylic acids is 3. The molecular weight excluding hydrogens is 664 g/mol. The van der Waals surface area contributed by atoms with Crippen LogP contribution >= 0.6 is 0 Å². The normalized spacial score (nSPS) is 13.3. The summed E-state index contributed by atoms with van der Waals surface area (Å²) in [6.45, 7) is 12.8. The van der Waals surface area contributed by atoms with Gasteiger partial charge in [-0.3, -0.25) is 4.79 Å². The lowest BCUT2D eigenvalue weighted by atomic mass is 10.1. The summed E-state index contributed by atoms with van der Waals surface area (Å²) in [6.07, 6.45) is 0.0402. The monoisotopic (exact) mass is 712 g/mol. The van der Waals surface area contributed by atoms with E-state index in [9.17, 15) is 14.4 Å². The summed E-state index contributed by atoms with van der Waals surface area (Å²) in [5.41, 5.74) is 2.65. The molecule has 4 atom stereocenters. The van der Waals surface area contributed by atoms with Crippen LogP contribution in [0.4, 0.5) is 0 Å². The Hall–Kier alpha value is -5.19. The highest BCUT2D eigenvalue weighted by atomic mass is 16.6. The fourth-order valence-electron chi connectivity index (χ4n) is 4.76. The van der Waals surface area contributed by atoms with Gasteiger partial charge in [0.25, 0.3) is 0 Å². The summed E-state index contributed by atoms with van der Waals surface area (Å²) >= 11 is 0. The number of hydrogen-bond donors (Lipinski definition) is 0. The Labute approximate surface area is 305 Å². The maximum Gasteiger partial charge on any atom is 0.343 e. The second-order valence-corrected chi connectivity index (χ2v) is 12.5. The van der Waals surface area contributed by atoms with Gasteiger partial charge >= 0.3 is 17.9 Å². The molecule has 0 heterocycles. The molecule has 0 aliphatic heterocycles. The Bertz CT molecular complexity index is 1700. The molecule has 10 nitrogen and oxygen atoms in total. The maximum atomic E-state index is 12.8. The third-order valence-corrected chi connectivity index (χ3v) is 8.00. The molecule has 52 heavy (non-hydrogen) atoms. The van der Waals surface area contributed by atoms with Crippen molar-refractivity contribution in [3.8, 4) is 34.1 Å². The van der Waals surface area contributed by atoms with E-state index in [4.69, 9.17) is 33.2 Å². The first-order chi connectivity index (χ1) is 25.0. The van der Waals surface area contributed by atoms with E-state index in [2.05, 4.69) is 0 Å². The Morgan fingerprint density at radius 3 is 1.42 bits per heavy atom. The van der Waals surface area contributed by atoms with E-state index in [-0.39, 0.29) is 42.6 Å². The van der Waals surface area contributed by atoms with Crippen molar-refractivity contribution in [2.24, 2.45) is 5.92 Å². The topological polar surface area (TPSA) is 116 Å². The van der Waals surface area contributed by atoms with Gasteiger partial charge in [0.1, 0.15) is 35.7 Å². The molecule has 0 aliphatic rings. The Morgan fingerprint density at radius 1 is 0.519 bits per heavy atom. The second-order valence-electron chi connectivity index (χ2n) is 12.5. The molecule has 0 radical (unpaired) electrons. The number of benzene rings is 4. The summed E-state index contributed by atoms with van der Waals surface area (Å²) in [4.78, 5) is 37.4. The van der Waals surface area contributed by atoms with Crippen molar-refractivity contribution in [3.05, 3.63) is 108 Å². The molecule has 0 spiro atoms. The van der Waals surface area contributed by atoms with Crippen molar-refractivity contribution < 1.29 is 47.5 Å². The van der Waals surface area contributed by atoms with E-state index in [1.165, 1.54) is 12.1 Å². The van der Waals surface area contributed by atoms with Crippen LogP contribution < -0.4 is 18.9 Å². The van der Waals surface area contributed by atoms with E-state index in [1.807, 2.05) is 77.9 Å². The number of carbonyl (C=O) groups is 3. The Balaban J connectivity index is 1.17. The molecule has 0 fully saturated rings. The van der Waals surface area contributed by atoms with Crippen molar-refractivity contribution in [2.75, 3.05) is 26.4 Å². The van der Waals surface area contributed by atoms with Crippen molar-refractivity contribution in [1.82, 2.24) is 0 Å². The molecule has 0 N–H and O–H groups in total. The van der Waals surface area contributed by atoms with Gasteiger partial charge < -0.3 is 33.2 Å². The highest BCUT2D eigenvalue weighted by molar-refractivity contribution is 5.92. The molecule has 0 amide bonds. The van der Waals surface area contributed by atoms with Gasteiger partial charge in [-0.05, 0) is 118 Å². The number of rotatable bonds is 19. The quantitative estimate of drug-likeness (QED) is 0.0694. The molecule has 0 saturated heterocycles. The molecule has 4 rings (SSSR count). The Kier molecular flexibility index (Phi) is 15.2. The van der Waals surface area contributed by atoms with Crippen LogP contribution in [-0.4, -0.2) is 62.6 Å². The fourth-order valence-corrected chi connectivity index (χ4v) is 4.76. The number of ether oxygens (including phenoxy) is 7. The van der Waals surface area contributed by atoms with Crippen molar-refractivity contribution in [2.45, 2.75) is 66.3 Å². The molecule has 10 heteroatoms. The first-order valence-electron chi connectivity index (χ1n) is 17.6. The third kappa shape index (κ3) is 12.5. The minimum atomic E-state index is -0.552. The van der Waals surface area contributed by atoms with Crippen LogP contribution in [-0.2, 0) is 19.0 Å². The lowest BCUT2D eigenvalue weighted by molar-refractivity contribution is -0.152. The molecule has 4 aromatic rings. The summed E-state index contributed by atoms with van der Waals surface area (Å²) in [6, 6.07) is 27.8. The smallest absolute Gasteiger partial charge is 0.343 e. The van der Waals surface area contributed by atoms with Crippen LogP contribution in [0.2, 0.25) is 0 Å². The summed E-state index contributed by atoms with van der Waals surface area (Å²) in [7, 11) is 0. The summed E-state index contributed by atoms with van der Waals surface area (Å²) < 4.78 is 39.3. The van der Waals surface area contributed by atoms with Crippen LogP contribution in [0.5, 0.6) is 23.0 Å². The van der Waals surface area contributed by atoms with Crippen LogP contribution in [0.1, 0.15) is 68.7 Å². The number of esters is 3. The van der Waals surface area contributed by atoms with Gasteiger partial charge in [-0.2, -0.15) is 0 Å². The first kappa shape index (κ1) is 39.6. The minimum absolute atomic E-state index is 0.126. The molecule has 4 unspecified atom stereocenters. The SMILES string of the molecule is CCOc1ccc(-c2ccc(OC(=O)c3ccc(OC(=O)c4ccc(OC(C)COC(C)COC(C)COC(=O)C(C)CC)cc4)cc3)cc2)cc1. The van der Waals surface area contributed by atoms with Crippen LogP contribution in [0.3, 0.4) is 0 Å². The second kappa shape index (κ2) is 20.0. The lowest BCUT2D eigenvalue weighted by Gasteiger charge is -2.21. The average molecular weight is 713 g/mol. The largest absolute Gasteiger partial charge is 0.494 e. The fraction of sp³-hybridized carbons (Fsp3) is 0.357. The van der Waals surface area contributed by atoms with E-state index in [1.54, 1.807) is 48.5 Å². The maximum absolute atomic E-state index is 12.8. The third-order valence-electron chi connectivity index (χ3n) is 8.00. The molecule has 0 aliphatic carbocycles. The van der Waals surface area contributed by atoms with Crippen molar-refractivity contribution >= 4 is 17.9 Å². The van der Waals surface area contributed by atoms with E-state index < -0.39 is 11.9 Å². The highest BCUT2D eigenvalue weighted by Gasteiger charge is 2.16. The predicted octanol–water partition coefficient (Wildman–Crippen LogP) is 8.36. The zero-order chi connectivity index (χ0) is 37.5.